The molecule has 1 aliphatic carbocycles. The fourth-order valence-electron chi connectivity index (χ4n) is 3.00. The molecule has 2 N–H and O–H groups in total. The molecule has 0 radical (unpaired) electrons. The van der Waals surface area contributed by atoms with Crippen LogP contribution in [0.5, 0.6) is 0 Å². The van der Waals surface area contributed by atoms with E-state index in [1.54, 1.807) is 0 Å². The van der Waals surface area contributed by atoms with Crippen LogP contribution in [0.4, 0.5) is 0 Å². The van der Waals surface area contributed by atoms with Gasteiger partial charge in [0.1, 0.15) is 5.60 Å². The van der Waals surface area contributed by atoms with Crippen LogP contribution >= 0.6 is 0 Å². The van der Waals surface area contributed by atoms with E-state index in [-0.39, 0.29) is 0 Å². The summed E-state index contributed by atoms with van der Waals surface area (Å²) in [6.45, 7) is 2.58. The van der Waals surface area contributed by atoms with Crippen molar-refractivity contribution in [2.45, 2.75) is 50.7 Å². The van der Waals surface area contributed by atoms with Gasteiger partial charge in [0.15, 0.2) is 0 Å². The molecule has 0 bridgehead atoms. The molecule has 2 rings (SSSR count). The van der Waals surface area contributed by atoms with Crippen LogP contribution in [0.1, 0.15) is 44.6 Å². The molecule has 1 aliphatic rings. The third-order valence-corrected chi connectivity index (χ3v) is 4.15. The number of quaternary nitrogens is 1. The molecule has 2 unspecified atom stereocenters. The highest BCUT2D eigenvalue weighted by Crippen LogP contribution is 2.20. The van der Waals surface area contributed by atoms with Gasteiger partial charge in [0.2, 0.25) is 0 Å². The third-order valence-electron chi connectivity index (χ3n) is 4.15. The van der Waals surface area contributed by atoms with Crippen LogP contribution in [0.25, 0.3) is 0 Å². The molecule has 1 aromatic rings. The maximum absolute atomic E-state index is 10.6. The minimum absolute atomic E-state index is 0.619. The molecule has 1 aromatic carbocycles. The lowest BCUT2D eigenvalue weighted by Gasteiger charge is -2.38. The van der Waals surface area contributed by atoms with Crippen LogP contribution in [0.2, 0.25) is 0 Å². The average molecular weight is 247 g/mol. The fraction of sp³-hybridized carbons (Fsp3) is 0.562. The molecule has 0 heterocycles. The first-order valence-corrected chi connectivity index (χ1v) is 7.05. The monoisotopic (exact) mass is 247 g/mol. The lowest BCUT2D eigenvalue weighted by Crippen LogP contribution is -3.12. The summed E-state index contributed by atoms with van der Waals surface area (Å²) in [6.07, 6.45) is 6.50. The van der Waals surface area contributed by atoms with Crippen LogP contribution in [-0.2, 0) is 5.60 Å². The highest BCUT2D eigenvalue weighted by Gasteiger charge is 2.29. The molecular weight excluding hydrogens is 222 g/mol. The maximum Gasteiger partial charge on any atom is 0.133 e. The topological polar surface area (TPSA) is 24.7 Å². The molecule has 1 saturated carbocycles. The molecule has 100 valence electrons. The standard InChI is InChI=1S/C16H25NO/c1-16(18,14-9-5-3-6-10-14)13-17(2)15-11-7-4-8-12-15/h3,5-6,9-10,15,17-18H,2,4,7-8,11-13H2,1H3. The summed E-state index contributed by atoms with van der Waals surface area (Å²) in [5.41, 5.74) is 0.206. The van der Waals surface area contributed by atoms with Crippen molar-refractivity contribution in [1.29, 1.82) is 0 Å². The van der Waals surface area contributed by atoms with Crippen molar-refractivity contribution in [2.24, 2.45) is 0 Å². The fourth-order valence-corrected chi connectivity index (χ4v) is 3.00. The smallest absolute Gasteiger partial charge is 0.133 e. The minimum atomic E-state index is -0.782. The molecule has 0 saturated heterocycles. The summed E-state index contributed by atoms with van der Waals surface area (Å²) in [5.74, 6) is 0. The highest BCUT2D eigenvalue weighted by atomic mass is 16.3. The van der Waals surface area contributed by atoms with E-state index in [2.05, 4.69) is 7.05 Å². The summed E-state index contributed by atoms with van der Waals surface area (Å²) in [6, 6.07) is 10.5. The Labute approximate surface area is 111 Å². The van der Waals surface area contributed by atoms with Gasteiger partial charge < -0.3 is 10.0 Å². The van der Waals surface area contributed by atoms with Crippen molar-refractivity contribution in [3.63, 3.8) is 0 Å². The van der Waals surface area contributed by atoms with E-state index in [9.17, 15) is 5.11 Å². The first kappa shape index (κ1) is 13.6. The van der Waals surface area contributed by atoms with E-state index >= 15 is 0 Å². The van der Waals surface area contributed by atoms with Crippen LogP contribution < -0.4 is 4.90 Å². The summed E-state index contributed by atoms with van der Waals surface area (Å²) in [7, 11) is 4.23. The van der Waals surface area contributed by atoms with Crippen molar-refractivity contribution >= 4 is 0 Å². The largest absolute Gasteiger partial charge is 0.463 e. The van der Waals surface area contributed by atoms with Gasteiger partial charge in [-0.25, -0.2) is 0 Å². The minimum Gasteiger partial charge on any atom is -0.463 e. The van der Waals surface area contributed by atoms with Gasteiger partial charge in [0.05, 0.1) is 12.6 Å². The predicted molar refractivity (Wildman–Crippen MR) is 74.1 cm³/mol. The van der Waals surface area contributed by atoms with E-state index in [4.69, 9.17) is 0 Å². The van der Waals surface area contributed by atoms with Gasteiger partial charge in [-0.05, 0) is 38.2 Å². The Balaban J connectivity index is 1.98. The van der Waals surface area contributed by atoms with E-state index in [0.29, 0.717) is 12.6 Å². The van der Waals surface area contributed by atoms with Gasteiger partial charge in [-0.1, -0.05) is 36.8 Å². The molecule has 2 atom stereocenters. The Kier molecular flexibility index (Phi) is 4.41. The summed E-state index contributed by atoms with van der Waals surface area (Å²) in [4.78, 5) is 1.23. The quantitative estimate of drug-likeness (QED) is 0.781. The molecule has 1 fully saturated rings. The highest BCUT2D eigenvalue weighted by molar-refractivity contribution is 5.21. The number of hydrogen-bond donors (Lipinski definition) is 2. The van der Waals surface area contributed by atoms with E-state index in [1.165, 1.54) is 37.0 Å². The zero-order chi connectivity index (χ0) is 13.0. The average Bonchev–Trinajstić information content (AvgIpc) is 2.40. The Morgan fingerprint density at radius 2 is 1.83 bits per heavy atom. The first-order valence-electron chi connectivity index (χ1n) is 7.05. The molecule has 18 heavy (non-hydrogen) atoms. The van der Waals surface area contributed by atoms with Crippen LogP contribution in [0.15, 0.2) is 30.3 Å². The van der Waals surface area contributed by atoms with E-state index in [0.717, 1.165) is 5.56 Å². The predicted octanol–water partition coefficient (Wildman–Crippen LogP) is 1.90. The normalized spacial score (nSPS) is 22.4. The van der Waals surface area contributed by atoms with Crippen molar-refractivity contribution in [3.05, 3.63) is 42.9 Å². The molecule has 0 aliphatic heterocycles. The van der Waals surface area contributed by atoms with Crippen LogP contribution in [0.3, 0.4) is 0 Å². The van der Waals surface area contributed by atoms with Crippen molar-refractivity contribution in [1.82, 2.24) is 0 Å². The summed E-state index contributed by atoms with van der Waals surface area (Å²) in [5, 5.41) is 10.6. The Bertz CT molecular complexity index is 355. The van der Waals surface area contributed by atoms with Crippen LogP contribution in [0, 0.1) is 7.05 Å². The molecule has 2 heteroatoms. The second kappa shape index (κ2) is 5.85. The lowest BCUT2D eigenvalue weighted by molar-refractivity contribution is -0.890. The van der Waals surface area contributed by atoms with Crippen molar-refractivity contribution in [3.8, 4) is 0 Å². The van der Waals surface area contributed by atoms with Gasteiger partial charge in [-0.2, -0.15) is 7.05 Å². The Morgan fingerprint density at radius 1 is 1.22 bits per heavy atom. The number of hydrogen-bond acceptors (Lipinski definition) is 1. The third kappa shape index (κ3) is 3.33. The summed E-state index contributed by atoms with van der Waals surface area (Å²) < 4.78 is 0. The second-order valence-corrected chi connectivity index (χ2v) is 5.81. The molecule has 2 nitrogen and oxygen atoms in total. The molecule has 0 aromatic heterocycles. The van der Waals surface area contributed by atoms with Crippen molar-refractivity contribution < 1.29 is 10.0 Å². The molecule has 0 spiro atoms. The zero-order valence-corrected chi connectivity index (χ0v) is 11.4. The molecular formula is C16H25NO. The number of aliphatic hydroxyl groups is 1. The first-order chi connectivity index (χ1) is 8.59. The zero-order valence-electron chi connectivity index (χ0n) is 11.4. The van der Waals surface area contributed by atoms with E-state index < -0.39 is 5.60 Å². The second-order valence-electron chi connectivity index (χ2n) is 5.81. The SMILES string of the molecule is [CH2-][NH+](CC(C)(O)c1ccccc1)C1CCCCC1. The maximum atomic E-state index is 10.6. The van der Waals surface area contributed by atoms with Crippen LogP contribution in [-0.4, -0.2) is 17.7 Å². The summed E-state index contributed by atoms with van der Waals surface area (Å²) >= 11 is 0. The van der Waals surface area contributed by atoms with Gasteiger partial charge in [-0.15, -0.1) is 0 Å². The molecule has 0 amide bonds. The number of rotatable bonds is 4. The Morgan fingerprint density at radius 3 is 2.44 bits per heavy atom. The van der Waals surface area contributed by atoms with E-state index in [1.807, 2.05) is 37.3 Å². The van der Waals surface area contributed by atoms with Gasteiger partial charge in [0, 0.05) is 0 Å². The Hall–Kier alpha value is -0.860. The number of benzene rings is 1. The number of nitrogens with one attached hydrogen (secondary N) is 1. The van der Waals surface area contributed by atoms with Gasteiger partial charge in [-0.3, -0.25) is 0 Å². The lowest BCUT2D eigenvalue weighted by atomic mass is 9.91. The van der Waals surface area contributed by atoms with Gasteiger partial charge >= 0.3 is 0 Å². The van der Waals surface area contributed by atoms with Gasteiger partial charge in [0.25, 0.3) is 0 Å². The van der Waals surface area contributed by atoms with Crippen molar-refractivity contribution in [2.75, 3.05) is 6.54 Å².